The van der Waals surface area contributed by atoms with Crippen LogP contribution in [0.15, 0.2) is 48.6 Å². The van der Waals surface area contributed by atoms with Crippen LogP contribution in [-0.2, 0) is 0 Å². The maximum absolute atomic E-state index is 3.88. The molecule has 0 bridgehead atoms. The fraction of sp³-hybridized carbons (Fsp3) is 0.167. The summed E-state index contributed by atoms with van der Waals surface area (Å²) in [6.07, 6.45) is 7.45. The van der Waals surface area contributed by atoms with E-state index in [1.807, 2.05) is 25.2 Å². The van der Waals surface area contributed by atoms with Crippen molar-refractivity contribution in [3.05, 3.63) is 48.6 Å². The summed E-state index contributed by atoms with van der Waals surface area (Å²) in [6.45, 7) is 11.3. The Hall–Kier alpha value is -1.48. The lowest BCUT2D eigenvalue weighted by Crippen LogP contribution is -1.79. The van der Waals surface area contributed by atoms with Gasteiger partial charge in [-0.1, -0.05) is 37.3 Å². The summed E-state index contributed by atoms with van der Waals surface area (Å²) >= 11 is 0. The standard InChI is InChI=1S/C12H14/c1-5-8-11(4)12(9-6-2)10-7-3/h5-6,8-9H,2,4H2,1,3H3/b8-5-,12-9-. The fourth-order valence-corrected chi connectivity index (χ4v) is 0.772. The van der Waals surface area contributed by atoms with E-state index in [1.165, 1.54) is 0 Å². The van der Waals surface area contributed by atoms with Crippen LogP contribution in [0.25, 0.3) is 0 Å². The zero-order valence-electron chi connectivity index (χ0n) is 7.72. The van der Waals surface area contributed by atoms with Gasteiger partial charge in [-0.3, -0.25) is 0 Å². The number of hydrogen-bond acceptors (Lipinski definition) is 0. The van der Waals surface area contributed by atoms with Gasteiger partial charge in [-0.25, -0.2) is 0 Å². The predicted molar refractivity (Wildman–Crippen MR) is 55.7 cm³/mol. The molecule has 0 aliphatic heterocycles. The SMILES string of the molecule is C=C/C=C(/C#CC)C(=C)/C=C\C. The van der Waals surface area contributed by atoms with E-state index in [4.69, 9.17) is 0 Å². The fourth-order valence-electron chi connectivity index (χ4n) is 0.772. The first-order valence-electron chi connectivity index (χ1n) is 3.83. The summed E-state index contributed by atoms with van der Waals surface area (Å²) in [5.74, 6) is 5.79. The molecule has 0 amide bonds. The van der Waals surface area contributed by atoms with Crippen molar-refractivity contribution in [2.24, 2.45) is 0 Å². The van der Waals surface area contributed by atoms with Crippen molar-refractivity contribution in [1.29, 1.82) is 0 Å². The van der Waals surface area contributed by atoms with Gasteiger partial charge in [0.15, 0.2) is 0 Å². The largest absolute Gasteiger partial charge is 0.101 e. The molecule has 0 heteroatoms. The molecule has 0 aromatic carbocycles. The maximum atomic E-state index is 3.88. The average Bonchev–Trinajstić information content (AvgIpc) is 2.04. The van der Waals surface area contributed by atoms with Crippen LogP contribution < -0.4 is 0 Å². The first kappa shape index (κ1) is 10.5. The molecule has 0 unspecified atom stereocenters. The van der Waals surface area contributed by atoms with Crippen LogP contribution in [0.3, 0.4) is 0 Å². The smallest absolute Gasteiger partial charge is 0.0311 e. The molecule has 0 saturated heterocycles. The summed E-state index contributed by atoms with van der Waals surface area (Å²) in [7, 11) is 0. The molecule has 0 nitrogen and oxygen atoms in total. The van der Waals surface area contributed by atoms with E-state index < -0.39 is 0 Å². The predicted octanol–water partition coefficient (Wildman–Crippen LogP) is 3.25. The van der Waals surface area contributed by atoms with Crippen molar-refractivity contribution in [2.75, 3.05) is 0 Å². The van der Waals surface area contributed by atoms with Crippen LogP contribution >= 0.6 is 0 Å². The number of hydrogen-bond donors (Lipinski definition) is 0. The van der Waals surface area contributed by atoms with Gasteiger partial charge in [-0.2, -0.15) is 0 Å². The van der Waals surface area contributed by atoms with Crippen molar-refractivity contribution in [3.63, 3.8) is 0 Å². The van der Waals surface area contributed by atoms with Gasteiger partial charge >= 0.3 is 0 Å². The molecule has 0 heterocycles. The third kappa shape index (κ3) is 3.63. The molecule has 0 rings (SSSR count). The van der Waals surface area contributed by atoms with Crippen LogP contribution in [0.2, 0.25) is 0 Å². The molecule has 0 aliphatic rings. The molecule has 0 aliphatic carbocycles. The van der Waals surface area contributed by atoms with Crippen LogP contribution in [0.4, 0.5) is 0 Å². The first-order valence-corrected chi connectivity index (χ1v) is 3.83. The van der Waals surface area contributed by atoms with Gasteiger partial charge in [0, 0.05) is 5.57 Å². The van der Waals surface area contributed by atoms with Crippen LogP contribution in [0, 0.1) is 11.8 Å². The highest BCUT2D eigenvalue weighted by atomic mass is 13.9. The molecule has 0 spiro atoms. The van der Waals surface area contributed by atoms with Crippen molar-refractivity contribution >= 4 is 0 Å². The van der Waals surface area contributed by atoms with Gasteiger partial charge < -0.3 is 0 Å². The van der Waals surface area contributed by atoms with Crippen molar-refractivity contribution in [1.82, 2.24) is 0 Å². The van der Waals surface area contributed by atoms with E-state index in [2.05, 4.69) is 25.0 Å². The second-order valence-corrected chi connectivity index (χ2v) is 2.22. The monoisotopic (exact) mass is 158 g/mol. The Balaban J connectivity index is 4.71. The Morgan fingerprint density at radius 2 is 2.08 bits per heavy atom. The first-order chi connectivity index (χ1) is 5.76. The Morgan fingerprint density at radius 1 is 1.42 bits per heavy atom. The van der Waals surface area contributed by atoms with Gasteiger partial charge in [0.2, 0.25) is 0 Å². The molecular formula is C12H14. The average molecular weight is 158 g/mol. The van der Waals surface area contributed by atoms with E-state index in [-0.39, 0.29) is 0 Å². The van der Waals surface area contributed by atoms with E-state index in [0.29, 0.717) is 0 Å². The number of allylic oxidation sites excluding steroid dienone is 6. The summed E-state index contributed by atoms with van der Waals surface area (Å²) in [5.41, 5.74) is 1.84. The zero-order chi connectivity index (χ0) is 9.40. The third-order valence-corrected chi connectivity index (χ3v) is 1.26. The van der Waals surface area contributed by atoms with Crippen molar-refractivity contribution < 1.29 is 0 Å². The van der Waals surface area contributed by atoms with E-state index >= 15 is 0 Å². The third-order valence-electron chi connectivity index (χ3n) is 1.26. The highest BCUT2D eigenvalue weighted by molar-refractivity contribution is 5.50. The van der Waals surface area contributed by atoms with Crippen LogP contribution in [0.1, 0.15) is 13.8 Å². The van der Waals surface area contributed by atoms with Gasteiger partial charge in [-0.15, -0.1) is 5.92 Å². The Bertz CT molecular complexity index is 277. The second kappa shape index (κ2) is 6.24. The van der Waals surface area contributed by atoms with Gasteiger partial charge in [0.25, 0.3) is 0 Å². The molecule has 62 valence electrons. The summed E-state index contributed by atoms with van der Waals surface area (Å²) < 4.78 is 0. The van der Waals surface area contributed by atoms with Gasteiger partial charge in [-0.05, 0) is 25.5 Å². The summed E-state index contributed by atoms with van der Waals surface area (Å²) in [6, 6.07) is 0. The second-order valence-electron chi connectivity index (χ2n) is 2.22. The topological polar surface area (TPSA) is 0 Å². The van der Waals surface area contributed by atoms with E-state index in [1.54, 1.807) is 13.0 Å². The highest BCUT2D eigenvalue weighted by Crippen LogP contribution is 2.07. The molecule has 0 atom stereocenters. The molecule has 0 radical (unpaired) electrons. The minimum absolute atomic E-state index is 0.922. The Kier molecular flexibility index (Phi) is 5.47. The maximum Gasteiger partial charge on any atom is 0.0311 e. The lowest BCUT2D eigenvalue weighted by atomic mass is 10.1. The van der Waals surface area contributed by atoms with E-state index in [9.17, 15) is 0 Å². The molecule has 0 fully saturated rings. The normalized spacial score (nSPS) is 10.7. The molecule has 0 aromatic rings. The summed E-state index contributed by atoms with van der Waals surface area (Å²) in [5, 5.41) is 0. The lowest BCUT2D eigenvalue weighted by molar-refractivity contribution is 1.58. The number of rotatable bonds is 3. The van der Waals surface area contributed by atoms with Crippen molar-refractivity contribution in [2.45, 2.75) is 13.8 Å². The van der Waals surface area contributed by atoms with Crippen LogP contribution in [0.5, 0.6) is 0 Å². The minimum atomic E-state index is 0.922. The molecular weight excluding hydrogens is 144 g/mol. The lowest BCUT2D eigenvalue weighted by Gasteiger charge is -1.95. The van der Waals surface area contributed by atoms with Crippen molar-refractivity contribution in [3.8, 4) is 11.8 Å². The van der Waals surface area contributed by atoms with E-state index in [0.717, 1.165) is 11.1 Å². The minimum Gasteiger partial charge on any atom is -0.101 e. The molecule has 0 saturated carbocycles. The van der Waals surface area contributed by atoms with Gasteiger partial charge in [0.1, 0.15) is 0 Å². The summed E-state index contributed by atoms with van der Waals surface area (Å²) in [4.78, 5) is 0. The molecule has 12 heavy (non-hydrogen) atoms. The zero-order valence-corrected chi connectivity index (χ0v) is 7.72. The molecule has 0 N–H and O–H groups in total. The Labute approximate surface area is 75.0 Å². The highest BCUT2D eigenvalue weighted by Gasteiger charge is 1.91. The quantitative estimate of drug-likeness (QED) is 0.437. The Morgan fingerprint density at radius 3 is 2.50 bits per heavy atom. The molecule has 0 aromatic heterocycles. The van der Waals surface area contributed by atoms with Gasteiger partial charge in [0.05, 0.1) is 0 Å². The van der Waals surface area contributed by atoms with Crippen LogP contribution in [-0.4, -0.2) is 0 Å².